The maximum atomic E-state index is 12.5. The van der Waals surface area contributed by atoms with Crippen LogP contribution in [0.25, 0.3) is 0 Å². The van der Waals surface area contributed by atoms with E-state index in [0.717, 1.165) is 6.92 Å². The van der Waals surface area contributed by atoms with Crippen LogP contribution in [0.1, 0.15) is 13.3 Å². The summed E-state index contributed by atoms with van der Waals surface area (Å²) >= 11 is 0. The molecule has 0 rings (SSSR count). The van der Waals surface area contributed by atoms with Gasteiger partial charge in [-0.25, -0.2) is 0 Å². The molecule has 0 aromatic heterocycles. The van der Waals surface area contributed by atoms with Crippen LogP contribution < -0.4 is 0 Å². The van der Waals surface area contributed by atoms with Crippen LogP contribution in [0.2, 0.25) is 0 Å². The Kier molecular flexibility index (Phi) is 8.55. The molecule has 0 saturated heterocycles. The Labute approximate surface area is 160 Å². The van der Waals surface area contributed by atoms with E-state index in [1.165, 1.54) is 0 Å². The van der Waals surface area contributed by atoms with E-state index >= 15 is 0 Å². The minimum atomic E-state index is -6.66. The molecule has 20 heteroatoms. The summed E-state index contributed by atoms with van der Waals surface area (Å²) in [6.45, 7) is -1.32. The Morgan fingerprint density at radius 3 is 1.20 bits per heavy atom. The van der Waals surface area contributed by atoms with Crippen LogP contribution in [-0.4, -0.2) is 64.8 Å². The SMILES string of the molecule is CCC(COS(=O)(=O)C(C(F)(F)F)C(F)(F)F)OS(=O)(=O)C(C(F)(F)F)C(F)(F)F. The van der Waals surface area contributed by atoms with Gasteiger partial charge in [0.25, 0.3) is 30.7 Å². The lowest BCUT2D eigenvalue weighted by molar-refractivity contribution is -0.230. The number of alkyl halides is 12. The molecule has 0 fully saturated rings. The molecule has 30 heavy (non-hydrogen) atoms. The first-order chi connectivity index (χ1) is 12.9. The van der Waals surface area contributed by atoms with E-state index in [1.54, 1.807) is 0 Å². The minimum Gasteiger partial charge on any atom is -0.267 e. The largest absolute Gasteiger partial charge is 0.416 e. The lowest BCUT2D eigenvalue weighted by atomic mass is 10.3. The third-order valence-electron chi connectivity index (χ3n) is 2.91. The van der Waals surface area contributed by atoms with Crippen molar-refractivity contribution in [3.8, 4) is 0 Å². The first kappa shape index (κ1) is 29.0. The van der Waals surface area contributed by atoms with E-state index in [9.17, 15) is 69.5 Å². The molecule has 0 N–H and O–H groups in total. The monoisotopic (exact) mass is 518 g/mol. The standard InChI is InChI=1S/C10H10F12O6S2/c1-2-4(28-30(25,26)6(9(17,18)19)10(20,21)22)3-27-29(23,24)5(7(11,12)13)8(14,15)16/h4-6H,2-3H2,1H3. The topological polar surface area (TPSA) is 86.7 Å². The molecule has 0 aliphatic carbocycles. The molecule has 0 aromatic rings. The van der Waals surface area contributed by atoms with E-state index in [0.29, 0.717) is 0 Å². The molecule has 0 spiro atoms. The van der Waals surface area contributed by atoms with Gasteiger partial charge >= 0.3 is 24.7 Å². The zero-order valence-corrected chi connectivity index (χ0v) is 15.6. The Balaban J connectivity index is 5.73. The molecular formula is C10H10F12O6S2. The molecule has 182 valence electrons. The summed E-state index contributed by atoms with van der Waals surface area (Å²) in [7, 11) is -13.3. The second-order valence-electron chi connectivity index (χ2n) is 5.32. The predicted octanol–water partition coefficient (Wildman–Crippen LogP) is 3.44. The van der Waals surface area contributed by atoms with Crippen LogP contribution in [0.15, 0.2) is 0 Å². The molecule has 0 aliphatic rings. The highest BCUT2D eigenvalue weighted by Gasteiger charge is 2.66. The Morgan fingerprint density at radius 1 is 0.633 bits per heavy atom. The van der Waals surface area contributed by atoms with Crippen molar-refractivity contribution in [2.45, 2.75) is 54.7 Å². The summed E-state index contributed by atoms with van der Waals surface area (Å²) in [6.07, 6.45) is -29.5. The van der Waals surface area contributed by atoms with Gasteiger partial charge in [0.05, 0.1) is 6.61 Å². The minimum absolute atomic E-state index is 0.747. The highest BCUT2D eigenvalue weighted by atomic mass is 32.2. The molecule has 1 atom stereocenters. The second-order valence-corrected chi connectivity index (χ2v) is 8.67. The number of hydrogen-bond donors (Lipinski definition) is 0. The first-order valence-corrected chi connectivity index (χ1v) is 9.88. The summed E-state index contributed by atoms with van der Waals surface area (Å²) in [5.74, 6) is 0. The fourth-order valence-corrected chi connectivity index (χ4v) is 4.19. The normalized spacial score (nSPS) is 16.4. The van der Waals surface area contributed by atoms with Crippen molar-refractivity contribution in [3.63, 3.8) is 0 Å². The molecule has 0 aliphatic heterocycles. The predicted molar refractivity (Wildman–Crippen MR) is 70.8 cm³/mol. The van der Waals surface area contributed by atoms with Gasteiger partial charge in [-0.15, -0.1) is 0 Å². The van der Waals surface area contributed by atoms with Gasteiger partial charge in [-0.1, -0.05) is 6.92 Å². The summed E-state index contributed by atoms with van der Waals surface area (Å²) in [5.41, 5.74) is 0. The van der Waals surface area contributed by atoms with Crippen LogP contribution in [0, 0.1) is 0 Å². The van der Waals surface area contributed by atoms with Crippen molar-refractivity contribution in [1.29, 1.82) is 0 Å². The van der Waals surface area contributed by atoms with E-state index in [4.69, 9.17) is 0 Å². The van der Waals surface area contributed by atoms with Crippen molar-refractivity contribution >= 4 is 20.2 Å². The van der Waals surface area contributed by atoms with E-state index in [2.05, 4.69) is 8.37 Å². The molecular weight excluding hydrogens is 508 g/mol. The van der Waals surface area contributed by atoms with Gasteiger partial charge in [0, 0.05) is 0 Å². The average Bonchev–Trinajstić information content (AvgIpc) is 2.34. The number of halogens is 12. The van der Waals surface area contributed by atoms with Gasteiger partial charge in [0.2, 0.25) is 0 Å². The Hall–Kier alpha value is -1.02. The van der Waals surface area contributed by atoms with Crippen molar-refractivity contribution < 1.29 is 77.9 Å². The number of hydrogen-bond acceptors (Lipinski definition) is 6. The Bertz CT molecular complexity index is 748. The zero-order valence-electron chi connectivity index (χ0n) is 13.9. The molecule has 0 aromatic carbocycles. The van der Waals surface area contributed by atoms with Gasteiger partial charge in [-0.2, -0.15) is 69.5 Å². The van der Waals surface area contributed by atoms with Crippen LogP contribution in [-0.2, 0) is 28.6 Å². The van der Waals surface area contributed by atoms with Crippen LogP contribution in [0.5, 0.6) is 0 Å². The van der Waals surface area contributed by atoms with Gasteiger partial charge in [0.1, 0.15) is 6.10 Å². The van der Waals surface area contributed by atoms with Gasteiger partial charge in [-0.3, -0.25) is 8.37 Å². The first-order valence-electron chi connectivity index (χ1n) is 6.94. The quantitative estimate of drug-likeness (QED) is 0.362. The van der Waals surface area contributed by atoms with E-state index < -0.39 is 74.6 Å². The smallest absolute Gasteiger partial charge is 0.267 e. The van der Waals surface area contributed by atoms with Crippen LogP contribution in [0.4, 0.5) is 52.7 Å². The maximum absolute atomic E-state index is 12.5. The molecule has 0 bridgehead atoms. The zero-order chi connectivity index (χ0) is 24.6. The maximum Gasteiger partial charge on any atom is 0.416 e. The second kappa shape index (κ2) is 8.85. The number of rotatable bonds is 8. The molecule has 1 unspecified atom stereocenters. The molecule has 0 amide bonds. The fraction of sp³-hybridized carbons (Fsp3) is 1.00. The van der Waals surface area contributed by atoms with Gasteiger partial charge in [-0.05, 0) is 6.42 Å². The lowest BCUT2D eigenvalue weighted by Crippen LogP contribution is -2.50. The van der Waals surface area contributed by atoms with E-state index in [1.807, 2.05) is 0 Å². The van der Waals surface area contributed by atoms with Crippen molar-refractivity contribution in [2.24, 2.45) is 0 Å². The van der Waals surface area contributed by atoms with E-state index in [-0.39, 0.29) is 0 Å². The summed E-state index contributed by atoms with van der Waals surface area (Å²) in [6, 6.07) is 0. The molecule has 0 heterocycles. The molecule has 6 nitrogen and oxygen atoms in total. The Morgan fingerprint density at radius 2 is 0.933 bits per heavy atom. The third-order valence-corrected chi connectivity index (χ3v) is 6.14. The van der Waals surface area contributed by atoms with Crippen LogP contribution in [0.3, 0.4) is 0 Å². The lowest BCUT2D eigenvalue weighted by Gasteiger charge is -2.26. The van der Waals surface area contributed by atoms with Crippen molar-refractivity contribution in [2.75, 3.05) is 6.61 Å². The average molecular weight is 518 g/mol. The van der Waals surface area contributed by atoms with Gasteiger partial charge < -0.3 is 0 Å². The fourth-order valence-electron chi connectivity index (χ4n) is 1.72. The van der Waals surface area contributed by atoms with Gasteiger partial charge in [0.15, 0.2) is 0 Å². The summed E-state index contributed by atoms with van der Waals surface area (Å²) < 4.78 is 201. The highest BCUT2D eigenvalue weighted by Crippen LogP contribution is 2.40. The van der Waals surface area contributed by atoms with Crippen molar-refractivity contribution in [3.05, 3.63) is 0 Å². The summed E-state index contributed by atoms with van der Waals surface area (Å²) in [5, 5.41) is -10.2. The molecule has 0 radical (unpaired) electrons. The highest BCUT2D eigenvalue weighted by molar-refractivity contribution is 7.87. The molecule has 0 saturated carbocycles. The summed E-state index contributed by atoms with van der Waals surface area (Å²) in [4.78, 5) is 0. The van der Waals surface area contributed by atoms with Crippen molar-refractivity contribution in [1.82, 2.24) is 0 Å². The van der Waals surface area contributed by atoms with Crippen LogP contribution >= 0.6 is 0 Å². The third kappa shape index (κ3) is 7.91.